The number of amides is 1. The maximum atomic E-state index is 13.0. The summed E-state index contributed by atoms with van der Waals surface area (Å²) >= 11 is 0. The van der Waals surface area contributed by atoms with Gasteiger partial charge in [0.25, 0.3) is 0 Å². The topological polar surface area (TPSA) is 67.8 Å². The van der Waals surface area contributed by atoms with E-state index in [4.69, 9.17) is 9.47 Å². The Kier molecular flexibility index (Phi) is 5.04. The molecule has 3 aliphatic rings. The average molecular weight is 373 g/mol. The number of benzene rings is 1. The van der Waals surface area contributed by atoms with Crippen molar-refractivity contribution in [2.24, 2.45) is 23.2 Å². The van der Waals surface area contributed by atoms with Crippen LogP contribution in [-0.4, -0.2) is 36.6 Å². The standard InChI is InChI=1S/C22H31NO4/c1-21(2)13-26-22(27-14-21)10-16-8-9-17(18(16)11-22)20(25)23-19(12-24)15-6-4-3-5-7-15/h3-7,16-19,24H,8-14H2,1-2H3,(H,23,25). The Labute approximate surface area is 161 Å². The fourth-order valence-corrected chi connectivity index (χ4v) is 5.05. The molecule has 1 aromatic rings. The zero-order chi connectivity index (χ0) is 19.1. The van der Waals surface area contributed by atoms with Gasteiger partial charge < -0.3 is 19.9 Å². The maximum Gasteiger partial charge on any atom is 0.223 e. The van der Waals surface area contributed by atoms with Gasteiger partial charge in [-0.25, -0.2) is 0 Å². The molecule has 4 atom stereocenters. The first-order valence-electron chi connectivity index (χ1n) is 10.2. The van der Waals surface area contributed by atoms with Crippen molar-refractivity contribution in [3.63, 3.8) is 0 Å². The molecule has 0 bridgehead atoms. The SMILES string of the molecule is CC1(C)COC2(CC3CCC(C(=O)NC(CO)c4ccccc4)C3C2)OC1. The first kappa shape index (κ1) is 18.9. The van der Waals surface area contributed by atoms with E-state index in [0.717, 1.165) is 31.2 Å². The molecule has 4 rings (SSSR count). The fourth-order valence-electron chi connectivity index (χ4n) is 5.05. The third-order valence-corrected chi connectivity index (χ3v) is 6.58. The summed E-state index contributed by atoms with van der Waals surface area (Å²) in [4.78, 5) is 13.0. The highest BCUT2D eigenvalue weighted by Crippen LogP contribution is 2.55. The number of fused-ring (bicyclic) bond motifs is 1. The van der Waals surface area contributed by atoms with Crippen molar-refractivity contribution in [3.05, 3.63) is 35.9 Å². The fraction of sp³-hybridized carbons (Fsp3) is 0.682. The number of nitrogens with one attached hydrogen (secondary N) is 1. The molecule has 2 saturated carbocycles. The van der Waals surface area contributed by atoms with Crippen LogP contribution in [0.25, 0.3) is 0 Å². The average Bonchev–Trinajstić information content (AvgIpc) is 3.21. The van der Waals surface area contributed by atoms with Crippen LogP contribution in [0.3, 0.4) is 0 Å². The number of hydrogen-bond donors (Lipinski definition) is 2. The zero-order valence-corrected chi connectivity index (χ0v) is 16.3. The Morgan fingerprint density at radius 2 is 1.89 bits per heavy atom. The molecule has 1 amide bonds. The predicted octanol–water partition coefficient (Wildman–Crippen LogP) is 3.04. The Balaban J connectivity index is 1.41. The summed E-state index contributed by atoms with van der Waals surface area (Å²) < 4.78 is 12.4. The summed E-state index contributed by atoms with van der Waals surface area (Å²) in [5.74, 6) is 0.347. The number of rotatable bonds is 4. The monoisotopic (exact) mass is 373 g/mol. The molecule has 5 nitrogen and oxygen atoms in total. The first-order chi connectivity index (χ1) is 12.9. The van der Waals surface area contributed by atoms with Gasteiger partial charge >= 0.3 is 0 Å². The molecule has 1 aliphatic heterocycles. The maximum absolute atomic E-state index is 13.0. The zero-order valence-electron chi connectivity index (χ0n) is 16.3. The molecule has 4 unspecified atom stereocenters. The van der Waals surface area contributed by atoms with Crippen LogP contribution in [0, 0.1) is 23.2 Å². The minimum Gasteiger partial charge on any atom is -0.394 e. The molecule has 3 fully saturated rings. The quantitative estimate of drug-likeness (QED) is 0.851. The Bertz CT molecular complexity index is 664. The minimum atomic E-state index is -0.486. The van der Waals surface area contributed by atoms with Crippen LogP contribution < -0.4 is 5.32 Å². The largest absolute Gasteiger partial charge is 0.394 e. The molecule has 1 saturated heterocycles. The van der Waals surface area contributed by atoms with Crippen LogP contribution in [0.15, 0.2) is 30.3 Å². The number of ether oxygens (including phenoxy) is 2. The molecule has 2 N–H and O–H groups in total. The van der Waals surface area contributed by atoms with Crippen LogP contribution in [0.2, 0.25) is 0 Å². The lowest BCUT2D eigenvalue weighted by Gasteiger charge is -2.42. The Morgan fingerprint density at radius 3 is 2.56 bits per heavy atom. The van der Waals surface area contributed by atoms with Crippen molar-refractivity contribution < 1.29 is 19.4 Å². The molecule has 1 aromatic carbocycles. The van der Waals surface area contributed by atoms with E-state index < -0.39 is 5.79 Å². The number of carbonyl (C=O) groups excluding carboxylic acids is 1. The molecule has 1 spiro atoms. The van der Waals surface area contributed by atoms with E-state index in [0.29, 0.717) is 25.0 Å². The summed E-state index contributed by atoms with van der Waals surface area (Å²) in [6.07, 6.45) is 3.67. The second kappa shape index (κ2) is 7.19. The van der Waals surface area contributed by atoms with Crippen molar-refractivity contribution in [1.29, 1.82) is 0 Å². The van der Waals surface area contributed by atoms with E-state index in [1.165, 1.54) is 0 Å². The van der Waals surface area contributed by atoms with E-state index in [-0.39, 0.29) is 29.9 Å². The van der Waals surface area contributed by atoms with Crippen LogP contribution in [0.5, 0.6) is 0 Å². The predicted molar refractivity (Wildman–Crippen MR) is 102 cm³/mol. The third-order valence-electron chi connectivity index (χ3n) is 6.58. The minimum absolute atomic E-state index is 0.0192. The van der Waals surface area contributed by atoms with Gasteiger partial charge in [-0.2, -0.15) is 0 Å². The van der Waals surface area contributed by atoms with Crippen molar-refractivity contribution >= 4 is 5.91 Å². The van der Waals surface area contributed by atoms with Gasteiger partial charge in [0.2, 0.25) is 5.91 Å². The number of aliphatic hydroxyl groups is 1. The summed E-state index contributed by atoms with van der Waals surface area (Å²) in [6.45, 7) is 5.64. The van der Waals surface area contributed by atoms with Gasteiger partial charge in [-0.1, -0.05) is 44.2 Å². The van der Waals surface area contributed by atoms with E-state index in [9.17, 15) is 9.90 Å². The van der Waals surface area contributed by atoms with Crippen LogP contribution >= 0.6 is 0 Å². The van der Waals surface area contributed by atoms with E-state index in [1.54, 1.807) is 0 Å². The van der Waals surface area contributed by atoms with Gasteiger partial charge in [-0.15, -0.1) is 0 Å². The smallest absolute Gasteiger partial charge is 0.223 e. The molecule has 2 aliphatic carbocycles. The highest BCUT2D eigenvalue weighted by Gasteiger charge is 2.56. The Morgan fingerprint density at radius 1 is 1.19 bits per heavy atom. The van der Waals surface area contributed by atoms with Crippen molar-refractivity contribution in [1.82, 2.24) is 5.32 Å². The molecule has 0 radical (unpaired) electrons. The third kappa shape index (κ3) is 3.78. The van der Waals surface area contributed by atoms with Crippen molar-refractivity contribution in [2.45, 2.75) is 51.4 Å². The molecule has 148 valence electrons. The highest BCUT2D eigenvalue weighted by atomic mass is 16.7. The normalized spacial score (nSPS) is 32.2. The second-order valence-corrected chi connectivity index (χ2v) is 9.32. The number of hydrogen-bond acceptors (Lipinski definition) is 4. The van der Waals surface area contributed by atoms with Crippen LogP contribution in [0.1, 0.15) is 51.1 Å². The molecular formula is C22H31NO4. The van der Waals surface area contributed by atoms with Gasteiger partial charge in [0.05, 0.1) is 25.9 Å². The lowest BCUT2D eigenvalue weighted by atomic mass is 9.90. The van der Waals surface area contributed by atoms with Gasteiger partial charge in [0, 0.05) is 24.2 Å². The number of aliphatic hydroxyl groups excluding tert-OH is 1. The first-order valence-corrected chi connectivity index (χ1v) is 10.2. The van der Waals surface area contributed by atoms with E-state index in [2.05, 4.69) is 19.2 Å². The highest BCUT2D eigenvalue weighted by molar-refractivity contribution is 5.80. The van der Waals surface area contributed by atoms with Crippen molar-refractivity contribution in [2.75, 3.05) is 19.8 Å². The van der Waals surface area contributed by atoms with Gasteiger partial charge in [-0.05, 0) is 30.2 Å². The molecular weight excluding hydrogens is 342 g/mol. The lowest BCUT2D eigenvalue weighted by molar-refractivity contribution is -0.297. The summed E-state index contributed by atoms with van der Waals surface area (Å²) in [7, 11) is 0. The summed E-state index contributed by atoms with van der Waals surface area (Å²) in [6, 6.07) is 9.32. The molecule has 27 heavy (non-hydrogen) atoms. The van der Waals surface area contributed by atoms with Crippen LogP contribution in [0.4, 0.5) is 0 Å². The van der Waals surface area contributed by atoms with Crippen molar-refractivity contribution in [3.8, 4) is 0 Å². The number of carbonyl (C=O) groups is 1. The second-order valence-electron chi connectivity index (χ2n) is 9.32. The van der Waals surface area contributed by atoms with Gasteiger partial charge in [0.1, 0.15) is 0 Å². The summed E-state index contributed by atoms with van der Waals surface area (Å²) in [5, 5.41) is 12.8. The molecule has 1 heterocycles. The van der Waals surface area contributed by atoms with Gasteiger partial charge in [0.15, 0.2) is 5.79 Å². The van der Waals surface area contributed by atoms with Crippen LogP contribution in [-0.2, 0) is 14.3 Å². The van der Waals surface area contributed by atoms with E-state index in [1.807, 2.05) is 30.3 Å². The molecule has 5 heteroatoms. The lowest BCUT2D eigenvalue weighted by Crippen LogP contribution is -2.46. The van der Waals surface area contributed by atoms with E-state index >= 15 is 0 Å². The molecule has 0 aromatic heterocycles. The summed E-state index contributed by atoms with van der Waals surface area (Å²) in [5.41, 5.74) is 0.996. The van der Waals surface area contributed by atoms with Gasteiger partial charge in [-0.3, -0.25) is 4.79 Å². The Hall–Kier alpha value is -1.43.